The lowest BCUT2D eigenvalue weighted by molar-refractivity contribution is 0.423. The van der Waals surface area contributed by atoms with E-state index >= 15 is 0 Å². The van der Waals surface area contributed by atoms with E-state index in [9.17, 15) is 5.11 Å². The fourth-order valence-electron chi connectivity index (χ4n) is 2.87. The van der Waals surface area contributed by atoms with Crippen molar-refractivity contribution in [3.05, 3.63) is 39.1 Å². The molecule has 1 aromatic heterocycles. The third-order valence-electron chi connectivity index (χ3n) is 4.13. The fraction of sp³-hybridized carbons (Fsp3) is 0.455. The highest BCUT2D eigenvalue weighted by Crippen LogP contribution is 2.43. The Balaban J connectivity index is 2.83. The molecule has 0 saturated heterocycles. The quantitative estimate of drug-likeness (QED) is 0.596. The van der Waals surface area contributed by atoms with E-state index in [0.717, 1.165) is 21.6 Å². The zero-order chi connectivity index (χ0) is 18.3. The van der Waals surface area contributed by atoms with E-state index in [1.165, 1.54) is 10.4 Å². The number of benzene rings is 1. The van der Waals surface area contributed by atoms with Crippen molar-refractivity contribution in [1.29, 1.82) is 0 Å². The minimum atomic E-state index is -0.123. The van der Waals surface area contributed by atoms with Gasteiger partial charge in [0.25, 0.3) is 0 Å². The summed E-state index contributed by atoms with van der Waals surface area (Å²) in [7, 11) is 0. The topological polar surface area (TPSA) is 20.2 Å². The summed E-state index contributed by atoms with van der Waals surface area (Å²) in [6, 6.07) is 6.47. The Bertz CT molecular complexity index is 779. The van der Waals surface area contributed by atoms with Gasteiger partial charge in [-0.2, -0.15) is 0 Å². The van der Waals surface area contributed by atoms with Gasteiger partial charge in [0, 0.05) is 21.6 Å². The van der Waals surface area contributed by atoms with Crippen LogP contribution in [0.4, 0.5) is 0 Å². The van der Waals surface area contributed by atoms with Crippen LogP contribution in [-0.2, 0) is 10.8 Å². The van der Waals surface area contributed by atoms with Gasteiger partial charge >= 0.3 is 0 Å². The lowest BCUT2D eigenvalue weighted by atomic mass is 9.78. The molecular weight excluding hydrogens is 312 g/mol. The van der Waals surface area contributed by atoms with Crippen molar-refractivity contribution in [2.45, 2.75) is 66.2 Å². The van der Waals surface area contributed by atoms with Crippen LogP contribution < -0.4 is 0 Å². The van der Waals surface area contributed by atoms with E-state index in [2.05, 4.69) is 78.5 Å². The average Bonchev–Trinajstić information content (AvgIpc) is 2.77. The molecule has 2 rings (SSSR count). The van der Waals surface area contributed by atoms with Gasteiger partial charge < -0.3 is 5.11 Å². The molecule has 0 amide bonds. The van der Waals surface area contributed by atoms with Gasteiger partial charge in [-0.1, -0.05) is 47.5 Å². The summed E-state index contributed by atoms with van der Waals surface area (Å²) < 4.78 is 0. The Morgan fingerprint density at radius 1 is 0.917 bits per heavy atom. The summed E-state index contributed by atoms with van der Waals surface area (Å²) in [6.45, 7) is 16.8. The van der Waals surface area contributed by atoms with Crippen LogP contribution in [-0.4, -0.2) is 5.11 Å². The van der Waals surface area contributed by atoms with Gasteiger partial charge in [-0.15, -0.1) is 17.3 Å². The molecule has 0 aliphatic carbocycles. The maximum atomic E-state index is 10.9. The molecule has 0 unspecified atom stereocenters. The maximum Gasteiger partial charge on any atom is 0.123 e. The van der Waals surface area contributed by atoms with E-state index in [1.54, 1.807) is 11.3 Å². The van der Waals surface area contributed by atoms with Crippen molar-refractivity contribution in [3.8, 4) is 28.7 Å². The molecule has 128 valence electrons. The second-order valence-corrected chi connectivity index (χ2v) is 9.65. The SMILES string of the molecule is CC#Cc1sc(C)cc1-c1cc(C(C)(C)C)c(O)c(C(C)(C)C)c1. The molecule has 0 radical (unpaired) electrons. The van der Waals surface area contributed by atoms with E-state index < -0.39 is 0 Å². The Hall–Kier alpha value is -1.72. The summed E-state index contributed by atoms with van der Waals surface area (Å²) in [4.78, 5) is 2.35. The maximum absolute atomic E-state index is 10.9. The number of hydrogen-bond donors (Lipinski definition) is 1. The minimum absolute atomic E-state index is 0.123. The zero-order valence-electron chi connectivity index (χ0n) is 16.1. The molecule has 1 nitrogen and oxygen atoms in total. The molecule has 1 heterocycles. The first-order chi connectivity index (χ1) is 10.9. The van der Waals surface area contributed by atoms with E-state index in [0.29, 0.717) is 5.75 Å². The number of rotatable bonds is 1. The highest BCUT2D eigenvalue weighted by Gasteiger charge is 2.27. The van der Waals surface area contributed by atoms with Crippen LogP contribution in [0.15, 0.2) is 18.2 Å². The third kappa shape index (κ3) is 3.68. The number of hydrogen-bond acceptors (Lipinski definition) is 2. The molecule has 0 fully saturated rings. The van der Waals surface area contributed by atoms with Crippen molar-refractivity contribution in [2.24, 2.45) is 0 Å². The molecule has 0 spiro atoms. The molecule has 24 heavy (non-hydrogen) atoms. The Morgan fingerprint density at radius 2 is 1.42 bits per heavy atom. The van der Waals surface area contributed by atoms with Crippen LogP contribution in [0.1, 0.15) is 69.3 Å². The van der Waals surface area contributed by atoms with Crippen molar-refractivity contribution >= 4 is 11.3 Å². The third-order valence-corrected chi connectivity index (χ3v) is 5.10. The molecule has 0 aliphatic rings. The van der Waals surface area contributed by atoms with Crippen LogP contribution in [0.5, 0.6) is 5.75 Å². The minimum Gasteiger partial charge on any atom is -0.507 e. The highest BCUT2D eigenvalue weighted by molar-refractivity contribution is 7.13. The predicted molar refractivity (Wildman–Crippen MR) is 106 cm³/mol. The van der Waals surface area contributed by atoms with Gasteiger partial charge in [0.05, 0.1) is 4.88 Å². The van der Waals surface area contributed by atoms with Gasteiger partial charge in [-0.25, -0.2) is 0 Å². The summed E-state index contributed by atoms with van der Waals surface area (Å²) >= 11 is 1.73. The first-order valence-electron chi connectivity index (χ1n) is 8.36. The van der Waals surface area contributed by atoms with Crippen molar-refractivity contribution in [2.75, 3.05) is 0 Å². The normalized spacial score (nSPS) is 12.0. The van der Waals surface area contributed by atoms with Gasteiger partial charge in [0.2, 0.25) is 0 Å². The van der Waals surface area contributed by atoms with Gasteiger partial charge in [-0.3, -0.25) is 0 Å². The molecule has 2 aromatic rings. The monoisotopic (exact) mass is 340 g/mol. The summed E-state index contributed by atoms with van der Waals surface area (Å²) in [5, 5.41) is 10.9. The number of phenolic OH excluding ortho intramolecular Hbond substituents is 1. The number of thiophene rings is 1. The second kappa shape index (κ2) is 6.30. The van der Waals surface area contributed by atoms with Crippen LogP contribution in [0.2, 0.25) is 0 Å². The zero-order valence-corrected chi connectivity index (χ0v) is 16.9. The fourth-order valence-corrected chi connectivity index (χ4v) is 3.81. The van der Waals surface area contributed by atoms with Crippen LogP contribution in [0.3, 0.4) is 0 Å². The smallest absolute Gasteiger partial charge is 0.123 e. The number of phenols is 1. The van der Waals surface area contributed by atoms with Crippen LogP contribution in [0.25, 0.3) is 11.1 Å². The second-order valence-electron chi connectivity index (χ2n) is 8.39. The van der Waals surface area contributed by atoms with E-state index in [4.69, 9.17) is 0 Å². The average molecular weight is 341 g/mol. The molecule has 1 aromatic carbocycles. The van der Waals surface area contributed by atoms with Gasteiger partial charge in [0.1, 0.15) is 5.75 Å². The molecule has 1 N–H and O–H groups in total. The standard InChI is InChI=1S/C22H28OS/c1-9-10-19-16(11-14(2)24-19)15-12-17(21(3,4)5)20(23)18(13-15)22(6,7)8/h11-13,23H,1-8H3. The van der Waals surface area contributed by atoms with Crippen LogP contribution in [0, 0.1) is 18.8 Å². The number of aryl methyl sites for hydroxylation is 1. The Labute approximate surface area is 150 Å². The molecule has 0 bridgehead atoms. The van der Waals surface area contributed by atoms with Crippen molar-refractivity contribution in [3.63, 3.8) is 0 Å². The molecule has 0 atom stereocenters. The summed E-state index contributed by atoms with van der Waals surface area (Å²) in [5.41, 5.74) is 4.05. The lowest BCUT2D eigenvalue weighted by Crippen LogP contribution is -2.17. The predicted octanol–water partition coefficient (Wildman–Crippen LogP) is 6.40. The van der Waals surface area contributed by atoms with E-state index in [-0.39, 0.29) is 10.8 Å². The Kier molecular flexibility index (Phi) is 4.88. The first-order valence-corrected chi connectivity index (χ1v) is 9.18. The molecule has 2 heteroatoms. The highest BCUT2D eigenvalue weighted by atomic mass is 32.1. The summed E-state index contributed by atoms with van der Waals surface area (Å²) in [5.74, 6) is 6.68. The van der Waals surface area contributed by atoms with E-state index in [1.807, 2.05) is 6.92 Å². The van der Waals surface area contributed by atoms with Crippen LogP contribution >= 0.6 is 11.3 Å². The first kappa shape index (κ1) is 18.6. The van der Waals surface area contributed by atoms with Gasteiger partial charge in [0.15, 0.2) is 0 Å². The summed E-state index contributed by atoms with van der Waals surface area (Å²) in [6.07, 6.45) is 0. The number of aromatic hydroxyl groups is 1. The van der Waals surface area contributed by atoms with Crippen molar-refractivity contribution < 1.29 is 5.11 Å². The van der Waals surface area contributed by atoms with Gasteiger partial charge in [-0.05, 0) is 48.4 Å². The molecule has 0 aliphatic heterocycles. The molecular formula is C22H28OS. The van der Waals surface area contributed by atoms with Crippen molar-refractivity contribution in [1.82, 2.24) is 0 Å². The molecule has 0 saturated carbocycles. The lowest BCUT2D eigenvalue weighted by Gasteiger charge is -2.28. The largest absolute Gasteiger partial charge is 0.507 e. The Morgan fingerprint density at radius 3 is 1.83 bits per heavy atom.